The monoisotopic (exact) mass is 315 g/mol. The molecular weight excluding hydrogens is 290 g/mol. The number of ether oxygens (including phenoxy) is 1. The van der Waals surface area contributed by atoms with E-state index in [2.05, 4.69) is 17.9 Å². The molecule has 3 rings (SSSR count). The standard InChI is InChI=1S/C18H25N3O2/c1-11-8-17(22-4)12(2)7-15(11)18-20-16(13(3)23-18)10-21-6-5-14(19)9-21/h7-8,14H,5-6,9-10,19H2,1-4H3/t14-/m0/s1. The van der Waals surface area contributed by atoms with E-state index in [0.717, 1.165) is 59.9 Å². The van der Waals surface area contributed by atoms with Crippen molar-refractivity contribution in [1.29, 1.82) is 0 Å². The highest BCUT2D eigenvalue weighted by Gasteiger charge is 2.22. The molecular formula is C18H25N3O2. The lowest BCUT2D eigenvalue weighted by atomic mass is 10.0. The van der Waals surface area contributed by atoms with Gasteiger partial charge < -0.3 is 14.9 Å². The molecule has 1 saturated heterocycles. The molecule has 2 N–H and O–H groups in total. The van der Waals surface area contributed by atoms with E-state index in [1.54, 1.807) is 7.11 Å². The number of methoxy groups -OCH3 is 1. The van der Waals surface area contributed by atoms with Gasteiger partial charge in [0.05, 0.1) is 12.8 Å². The minimum atomic E-state index is 0.285. The molecule has 2 aromatic rings. The van der Waals surface area contributed by atoms with Crippen LogP contribution in [0.1, 0.15) is 29.0 Å². The Morgan fingerprint density at radius 3 is 2.74 bits per heavy atom. The molecule has 2 heterocycles. The molecule has 1 aromatic carbocycles. The zero-order valence-corrected chi connectivity index (χ0v) is 14.3. The summed E-state index contributed by atoms with van der Waals surface area (Å²) in [5.74, 6) is 2.46. The van der Waals surface area contributed by atoms with E-state index in [0.29, 0.717) is 5.89 Å². The molecule has 1 aliphatic heterocycles. The summed E-state index contributed by atoms with van der Waals surface area (Å²) in [6, 6.07) is 4.39. The van der Waals surface area contributed by atoms with Crippen LogP contribution < -0.4 is 10.5 Å². The molecule has 1 fully saturated rings. The van der Waals surface area contributed by atoms with E-state index >= 15 is 0 Å². The molecule has 1 aliphatic rings. The van der Waals surface area contributed by atoms with Gasteiger partial charge in [0, 0.05) is 31.2 Å². The highest BCUT2D eigenvalue weighted by molar-refractivity contribution is 5.62. The average molecular weight is 315 g/mol. The number of aromatic nitrogens is 1. The Morgan fingerprint density at radius 1 is 1.30 bits per heavy atom. The minimum Gasteiger partial charge on any atom is -0.496 e. The normalized spacial score (nSPS) is 18.6. The number of aryl methyl sites for hydroxylation is 3. The van der Waals surface area contributed by atoms with Crippen LogP contribution in [-0.4, -0.2) is 36.1 Å². The fourth-order valence-corrected chi connectivity index (χ4v) is 3.15. The molecule has 5 nitrogen and oxygen atoms in total. The fraction of sp³-hybridized carbons (Fsp3) is 0.500. The van der Waals surface area contributed by atoms with E-state index in [-0.39, 0.29) is 6.04 Å². The summed E-state index contributed by atoms with van der Waals surface area (Å²) < 4.78 is 11.3. The fourth-order valence-electron chi connectivity index (χ4n) is 3.15. The topological polar surface area (TPSA) is 64.5 Å². The number of hydrogen-bond acceptors (Lipinski definition) is 5. The van der Waals surface area contributed by atoms with Gasteiger partial charge in [0.15, 0.2) is 0 Å². The predicted octanol–water partition coefficient (Wildman–Crippen LogP) is 2.81. The first-order chi connectivity index (χ1) is 11.0. The molecule has 124 valence electrons. The second-order valence-corrected chi connectivity index (χ2v) is 6.44. The first-order valence-corrected chi connectivity index (χ1v) is 8.07. The molecule has 0 bridgehead atoms. The summed E-state index contributed by atoms with van der Waals surface area (Å²) in [4.78, 5) is 7.07. The van der Waals surface area contributed by atoms with Gasteiger partial charge in [-0.3, -0.25) is 4.90 Å². The number of hydrogen-bond donors (Lipinski definition) is 1. The molecule has 0 amide bonds. The van der Waals surface area contributed by atoms with Crippen molar-refractivity contribution < 1.29 is 9.15 Å². The van der Waals surface area contributed by atoms with Crippen LogP contribution in [0.25, 0.3) is 11.5 Å². The van der Waals surface area contributed by atoms with Crippen LogP contribution in [0, 0.1) is 20.8 Å². The van der Waals surface area contributed by atoms with Gasteiger partial charge in [-0.05, 0) is 50.5 Å². The summed E-state index contributed by atoms with van der Waals surface area (Å²) in [6.07, 6.45) is 1.06. The van der Waals surface area contributed by atoms with Gasteiger partial charge in [0.1, 0.15) is 11.5 Å². The van der Waals surface area contributed by atoms with Crippen LogP contribution in [0.15, 0.2) is 16.5 Å². The van der Waals surface area contributed by atoms with Crippen LogP contribution in [-0.2, 0) is 6.54 Å². The van der Waals surface area contributed by atoms with E-state index in [1.807, 2.05) is 19.9 Å². The van der Waals surface area contributed by atoms with Crippen LogP contribution in [0.3, 0.4) is 0 Å². The van der Waals surface area contributed by atoms with Gasteiger partial charge in [-0.2, -0.15) is 0 Å². The van der Waals surface area contributed by atoms with E-state index in [4.69, 9.17) is 19.9 Å². The molecule has 0 aliphatic carbocycles. The SMILES string of the molecule is COc1cc(C)c(-c2nc(CN3CC[C@H](N)C3)c(C)o2)cc1C. The second kappa shape index (κ2) is 6.34. The number of oxazole rings is 1. The van der Waals surface area contributed by atoms with Crippen molar-refractivity contribution >= 4 is 0 Å². The molecule has 0 saturated carbocycles. The lowest BCUT2D eigenvalue weighted by molar-refractivity contribution is 0.321. The largest absolute Gasteiger partial charge is 0.496 e. The molecule has 0 spiro atoms. The Hall–Kier alpha value is -1.85. The zero-order chi connectivity index (χ0) is 16.6. The lowest BCUT2D eigenvalue weighted by Gasteiger charge is -2.13. The van der Waals surface area contributed by atoms with E-state index in [9.17, 15) is 0 Å². The number of likely N-dealkylation sites (tertiary alicyclic amines) is 1. The quantitative estimate of drug-likeness (QED) is 0.940. The third kappa shape index (κ3) is 3.26. The Balaban J connectivity index is 1.87. The van der Waals surface area contributed by atoms with Gasteiger partial charge in [-0.1, -0.05) is 0 Å². The van der Waals surface area contributed by atoms with Crippen molar-refractivity contribution in [3.8, 4) is 17.2 Å². The summed E-state index contributed by atoms with van der Waals surface area (Å²) in [7, 11) is 1.69. The highest BCUT2D eigenvalue weighted by atomic mass is 16.5. The van der Waals surface area contributed by atoms with Crippen molar-refractivity contribution in [2.45, 2.75) is 39.8 Å². The summed E-state index contributed by atoms with van der Waals surface area (Å²) >= 11 is 0. The van der Waals surface area contributed by atoms with Gasteiger partial charge in [-0.15, -0.1) is 0 Å². The maximum Gasteiger partial charge on any atom is 0.226 e. The zero-order valence-electron chi connectivity index (χ0n) is 14.3. The molecule has 0 unspecified atom stereocenters. The van der Waals surface area contributed by atoms with Crippen molar-refractivity contribution in [3.63, 3.8) is 0 Å². The van der Waals surface area contributed by atoms with E-state index in [1.165, 1.54) is 0 Å². The maximum absolute atomic E-state index is 5.98. The minimum absolute atomic E-state index is 0.285. The van der Waals surface area contributed by atoms with Crippen LogP contribution >= 0.6 is 0 Å². The van der Waals surface area contributed by atoms with Gasteiger partial charge >= 0.3 is 0 Å². The van der Waals surface area contributed by atoms with Gasteiger partial charge in [-0.25, -0.2) is 4.98 Å². The van der Waals surface area contributed by atoms with Crippen molar-refractivity contribution in [3.05, 3.63) is 34.7 Å². The Labute approximate surface area is 137 Å². The molecule has 0 radical (unpaired) electrons. The summed E-state index contributed by atoms with van der Waals surface area (Å²) in [5, 5.41) is 0. The smallest absolute Gasteiger partial charge is 0.226 e. The Kier molecular flexibility index (Phi) is 4.41. The average Bonchev–Trinajstić information content (AvgIpc) is 3.08. The van der Waals surface area contributed by atoms with E-state index < -0.39 is 0 Å². The van der Waals surface area contributed by atoms with Crippen molar-refractivity contribution in [2.24, 2.45) is 5.73 Å². The third-order valence-electron chi connectivity index (χ3n) is 4.55. The second-order valence-electron chi connectivity index (χ2n) is 6.44. The number of rotatable bonds is 4. The Bertz CT molecular complexity index is 709. The summed E-state index contributed by atoms with van der Waals surface area (Å²) in [6.45, 7) is 8.83. The van der Waals surface area contributed by atoms with Gasteiger partial charge in [0.25, 0.3) is 0 Å². The number of benzene rings is 1. The number of nitrogens with zero attached hydrogens (tertiary/aromatic N) is 2. The lowest BCUT2D eigenvalue weighted by Crippen LogP contribution is -2.26. The van der Waals surface area contributed by atoms with Crippen molar-refractivity contribution in [2.75, 3.05) is 20.2 Å². The first kappa shape index (κ1) is 16.0. The molecule has 23 heavy (non-hydrogen) atoms. The molecule has 1 aromatic heterocycles. The Morgan fingerprint density at radius 2 is 2.09 bits per heavy atom. The highest BCUT2D eigenvalue weighted by Crippen LogP contribution is 2.31. The number of nitrogens with two attached hydrogens (primary N) is 1. The van der Waals surface area contributed by atoms with Crippen LogP contribution in [0.2, 0.25) is 0 Å². The van der Waals surface area contributed by atoms with Crippen LogP contribution in [0.5, 0.6) is 5.75 Å². The maximum atomic E-state index is 5.98. The third-order valence-corrected chi connectivity index (χ3v) is 4.55. The van der Waals surface area contributed by atoms with Crippen molar-refractivity contribution in [1.82, 2.24) is 9.88 Å². The summed E-state index contributed by atoms with van der Waals surface area (Å²) in [5.41, 5.74) is 10.2. The molecule has 5 heteroatoms. The van der Waals surface area contributed by atoms with Gasteiger partial charge in [0.2, 0.25) is 5.89 Å². The first-order valence-electron chi connectivity index (χ1n) is 8.07. The molecule has 1 atom stereocenters. The van der Waals surface area contributed by atoms with Crippen LogP contribution in [0.4, 0.5) is 0 Å². The predicted molar refractivity (Wildman–Crippen MR) is 90.6 cm³/mol.